The van der Waals surface area contributed by atoms with Gasteiger partial charge in [-0.15, -0.1) is 0 Å². The van der Waals surface area contributed by atoms with Crippen LogP contribution in [0.1, 0.15) is 5.56 Å². The minimum Gasteiger partial charge on any atom is -0.353 e. The van der Waals surface area contributed by atoms with Crippen LogP contribution < -0.4 is 5.32 Å². The van der Waals surface area contributed by atoms with E-state index in [9.17, 15) is 0 Å². The predicted octanol–water partition coefficient (Wildman–Crippen LogP) is 5.73. The molecule has 0 unspecified atom stereocenters. The molecule has 1 aliphatic rings. The fourth-order valence-corrected chi connectivity index (χ4v) is 4.28. The van der Waals surface area contributed by atoms with Crippen molar-refractivity contribution in [2.24, 2.45) is 0 Å². The van der Waals surface area contributed by atoms with Gasteiger partial charge in [-0.1, -0.05) is 43.6 Å². The van der Waals surface area contributed by atoms with E-state index < -0.39 is 0 Å². The Balaban J connectivity index is 2.14. The van der Waals surface area contributed by atoms with Crippen molar-refractivity contribution in [1.29, 1.82) is 0 Å². The summed E-state index contributed by atoms with van der Waals surface area (Å²) in [4.78, 5) is 2.52. The van der Waals surface area contributed by atoms with Gasteiger partial charge in [-0.25, -0.2) is 0 Å². The minimum atomic E-state index is 1.11. The maximum absolute atomic E-state index is 3.55. The molecule has 0 aromatic heterocycles. The second-order valence-corrected chi connectivity index (χ2v) is 6.88. The molecule has 2 aromatic rings. The Labute approximate surface area is 121 Å². The number of hydrogen-bond donors (Lipinski definition) is 1. The van der Waals surface area contributed by atoms with E-state index in [2.05, 4.69) is 74.4 Å². The molecule has 1 N–H and O–H groups in total. The van der Waals surface area contributed by atoms with E-state index in [1.807, 2.05) is 0 Å². The van der Waals surface area contributed by atoms with Gasteiger partial charge < -0.3 is 5.32 Å². The fourth-order valence-electron chi connectivity index (χ4n) is 1.89. The molecule has 0 saturated carbocycles. The van der Waals surface area contributed by atoms with Gasteiger partial charge in [0.2, 0.25) is 0 Å². The lowest BCUT2D eigenvalue weighted by molar-refractivity contribution is 1.26. The van der Waals surface area contributed by atoms with Crippen LogP contribution in [0, 0.1) is 6.92 Å². The number of anilines is 2. The van der Waals surface area contributed by atoms with Crippen molar-refractivity contribution >= 4 is 55.0 Å². The summed E-state index contributed by atoms with van der Waals surface area (Å²) in [6, 6.07) is 10.6. The largest absolute Gasteiger partial charge is 0.353 e. The van der Waals surface area contributed by atoms with Gasteiger partial charge in [0.15, 0.2) is 0 Å². The van der Waals surface area contributed by atoms with Crippen molar-refractivity contribution < 1.29 is 0 Å². The van der Waals surface area contributed by atoms with Crippen molar-refractivity contribution in [3.63, 3.8) is 0 Å². The van der Waals surface area contributed by atoms with Gasteiger partial charge >= 0.3 is 0 Å². The van der Waals surface area contributed by atoms with Crippen molar-refractivity contribution in [2.45, 2.75) is 16.7 Å². The predicted molar refractivity (Wildman–Crippen MR) is 80.4 cm³/mol. The minimum absolute atomic E-state index is 1.11. The first-order valence-corrected chi connectivity index (χ1v) is 7.58. The van der Waals surface area contributed by atoms with Crippen molar-refractivity contribution in [1.82, 2.24) is 0 Å². The van der Waals surface area contributed by atoms with Gasteiger partial charge in [-0.2, -0.15) is 0 Å². The van der Waals surface area contributed by atoms with E-state index in [1.54, 1.807) is 11.8 Å². The Bertz CT molecular complexity index is 611. The van der Waals surface area contributed by atoms with Gasteiger partial charge in [-0.05, 0) is 42.8 Å². The van der Waals surface area contributed by atoms with E-state index in [0.717, 1.165) is 8.95 Å². The molecular weight excluding hydrogens is 362 g/mol. The third-order valence-corrected chi connectivity index (χ3v) is 4.74. The molecule has 3 rings (SSSR count). The zero-order valence-corrected chi connectivity index (χ0v) is 13.0. The molecule has 2 aromatic carbocycles. The highest BCUT2D eigenvalue weighted by Crippen LogP contribution is 2.47. The molecule has 1 nitrogen and oxygen atoms in total. The van der Waals surface area contributed by atoms with Gasteiger partial charge in [0.25, 0.3) is 0 Å². The Morgan fingerprint density at radius 2 is 1.76 bits per heavy atom. The van der Waals surface area contributed by atoms with Gasteiger partial charge in [0, 0.05) is 18.7 Å². The van der Waals surface area contributed by atoms with Crippen LogP contribution in [0.3, 0.4) is 0 Å². The lowest BCUT2D eigenvalue weighted by Gasteiger charge is -2.23. The average Bonchev–Trinajstić information content (AvgIpc) is 2.26. The number of hydrogen-bond acceptors (Lipinski definition) is 2. The molecular formula is C13H9Br2NS. The number of halogens is 2. The molecule has 0 amide bonds. The molecule has 0 saturated heterocycles. The second kappa shape index (κ2) is 4.34. The Morgan fingerprint density at radius 1 is 1.00 bits per heavy atom. The van der Waals surface area contributed by atoms with Crippen LogP contribution in [0.5, 0.6) is 0 Å². The summed E-state index contributed by atoms with van der Waals surface area (Å²) in [5.74, 6) is 0. The first-order valence-electron chi connectivity index (χ1n) is 5.18. The summed E-state index contributed by atoms with van der Waals surface area (Å²) in [5, 5.41) is 3.50. The highest BCUT2D eigenvalue weighted by molar-refractivity contribution is 9.10. The SMILES string of the molecule is Cc1cc(Br)cc2c1Nc1ccc(Br)cc1S2. The first kappa shape index (κ1) is 11.6. The quantitative estimate of drug-likeness (QED) is 0.542. The molecule has 17 heavy (non-hydrogen) atoms. The smallest absolute Gasteiger partial charge is 0.0556 e. The highest BCUT2D eigenvalue weighted by Gasteiger charge is 2.17. The van der Waals surface area contributed by atoms with Crippen LogP contribution >= 0.6 is 43.6 Å². The van der Waals surface area contributed by atoms with Crippen molar-refractivity contribution in [3.8, 4) is 0 Å². The highest BCUT2D eigenvalue weighted by atomic mass is 79.9. The van der Waals surface area contributed by atoms with Crippen LogP contribution in [0.4, 0.5) is 11.4 Å². The van der Waals surface area contributed by atoms with Crippen LogP contribution in [0.15, 0.2) is 49.1 Å². The lowest BCUT2D eigenvalue weighted by atomic mass is 10.2. The fraction of sp³-hybridized carbons (Fsp3) is 0.0769. The summed E-state index contributed by atoms with van der Waals surface area (Å²) in [6.07, 6.45) is 0. The molecule has 0 fully saturated rings. The number of nitrogens with one attached hydrogen (secondary N) is 1. The van der Waals surface area contributed by atoms with E-state index >= 15 is 0 Å². The van der Waals surface area contributed by atoms with E-state index in [1.165, 1.54) is 26.7 Å². The molecule has 0 aliphatic carbocycles. The summed E-state index contributed by atoms with van der Waals surface area (Å²) < 4.78 is 2.24. The number of aryl methyl sites for hydroxylation is 1. The molecule has 0 bridgehead atoms. The van der Waals surface area contributed by atoms with Crippen molar-refractivity contribution in [2.75, 3.05) is 5.32 Å². The monoisotopic (exact) mass is 369 g/mol. The normalized spacial score (nSPS) is 12.6. The molecule has 4 heteroatoms. The van der Waals surface area contributed by atoms with E-state index in [4.69, 9.17) is 0 Å². The topological polar surface area (TPSA) is 12.0 Å². The van der Waals surface area contributed by atoms with E-state index in [-0.39, 0.29) is 0 Å². The third-order valence-electron chi connectivity index (χ3n) is 2.69. The average molecular weight is 371 g/mol. The number of fused-ring (bicyclic) bond motifs is 2. The summed E-state index contributed by atoms with van der Waals surface area (Å²) in [7, 11) is 0. The van der Waals surface area contributed by atoms with Crippen LogP contribution in [0.2, 0.25) is 0 Å². The Kier molecular flexibility index (Phi) is 2.97. The molecule has 1 heterocycles. The third kappa shape index (κ3) is 2.14. The Morgan fingerprint density at radius 3 is 2.59 bits per heavy atom. The lowest BCUT2D eigenvalue weighted by Crippen LogP contribution is -2.01. The second-order valence-electron chi connectivity index (χ2n) is 3.96. The summed E-state index contributed by atoms with van der Waals surface area (Å²) in [5.41, 5.74) is 3.65. The zero-order valence-electron chi connectivity index (χ0n) is 9.05. The zero-order chi connectivity index (χ0) is 12.0. The van der Waals surface area contributed by atoms with Gasteiger partial charge in [0.05, 0.1) is 11.4 Å². The van der Waals surface area contributed by atoms with Gasteiger partial charge in [0.1, 0.15) is 0 Å². The van der Waals surface area contributed by atoms with E-state index in [0.29, 0.717) is 0 Å². The van der Waals surface area contributed by atoms with Crippen molar-refractivity contribution in [3.05, 3.63) is 44.8 Å². The molecule has 0 atom stereocenters. The van der Waals surface area contributed by atoms with Crippen LogP contribution in [0.25, 0.3) is 0 Å². The summed E-state index contributed by atoms with van der Waals surface area (Å²) >= 11 is 8.86. The van der Waals surface area contributed by atoms with Gasteiger partial charge in [-0.3, -0.25) is 0 Å². The Hall–Kier alpha value is -0.450. The maximum atomic E-state index is 3.55. The molecule has 0 spiro atoms. The summed E-state index contributed by atoms with van der Waals surface area (Å²) in [6.45, 7) is 2.13. The molecule has 1 aliphatic heterocycles. The van der Waals surface area contributed by atoms with Crippen LogP contribution in [-0.4, -0.2) is 0 Å². The first-order chi connectivity index (χ1) is 8.13. The maximum Gasteiger partial charge on any atom is 0.0556 e. The number of rotatable bonds is 0. The van der Waals surface area contributed by atoms with Crippen LogP contribution in [-0.2, 0) is 0 Å². The molecule has 86 valence electrons. The standard InChI is InChI=1S/C13H9Br2NS/c1-7-4-9(15)6-12-13(7)16-10-3-2-8(14)5-11(10)17-12/h2-6,16H,1H3. The molecule has 0 radical (unpaired) electrons. The number of benzene rings is 2.